The van der Waals surface area contributed by atoms with Gasteiger partial charge in [0.25, 0.3) is 0 Å². The summed E-state index contributed by atoms with van der Waals surface area (Å²) in [6.45, 7) is 2.74. The molecule has 0 saturated heterocycles. The lowest BCUT2D eigenvalue weighted by Gasteiger charge is -1.96. The highest BCUT2D eigenvalue weighted by atomic mass is 35.5. The molecule has 1 aromatic carbocycles. The van der Waals surface area contributed by atoms with Crippen LogP contribution in [0.2, 0.25) is 5.02 Å². The van der Waals surface area contributed by atoms with Crippen molar-refractivity contribution in [3.05, 3.63) is 40.7 Å². The Labute approximate surface area is 98.6 Å². The summed E-state index contributed by atoms with van der Waals surface area (Å²) in [5.74, 6) is 0.665. The molecule has 84 valence electrons. The summed E-state index contributed by atoms with van der Waals surface area (Å²) in [4.78, 5) is 4.20. The van der Waals surface area contributed by atoms with Crippen LogP contribution in [-0.4, -0.2) is 16.7 Å². The number of halogens is 1. The number of aromatic nitrogens is 2. The molecule has 0 bridgehead atoms. The predicted octanol–water partition coefficient (Wildman–Crippen LogP) is 2.75. The number of benzene rings is 1. The fourth-order valence-electron chi connectivity index (χ4n) is 1.33. The maximum absolute atomic E-state index is 5.80. The molecule has 1 N–H and O–H groups in total. The van der Waals surface area contributed by atoms with Crippen molar-refractivity contribution in [2.24, 2.45) is 0 Å². The van der Waals surface area contributed by atoms with Crippen molar-refractivity contribution in [1.82, 2.24) is 10.1 Å². The molecule has 0 atom stereocenters. The van der Waals surface area contributed by atoms with E-state index in [1.165, 1.54) is 0 Å². The van der Waals surface area contributed by atoms with Gasteiger partial charge in [-0.1, -0.05) is 28.9 Å². The largest absolute Gasteiger partial charge is 0.338 e. The average Bonchev–Trinajstić information content (AvgIpc) is 2.70. The SMILES string of the molecule is CCNc1nc(Cc2ccc(Cl)cc2)no1. The van der Waals surface area contributed by atoms with Gasteiger partial charge in [0.15, 0.2) is 5.82 Å². The Balaban J connectivity index is 2.05. The van der Waals surface area contributed by atoms with Gasteiger partial charge in [0.2, 0.25) is 0 Å². The van der Waals surface area contributed by atoms with Gasteiger partial charge in [-0.2, -0.15) is 4.98 Å². The molecule has 0 aliphatic rings. The highest BCUT2D eigenvalue weighted by molar-refractivity contribution is 6.30. The van der Waals surface area contributed by atoms with Crippen molar-refractivity contribution >= 4 is 17.6 Å². The zero-order chi connectivity index (χ0) is 11.4. The van der Waals surface area contributed by atoms with Gasteiger partial charge in [-0.25, -0.2) is 0 Å². The zero-order valence-electron chi connectivity index (χ0n) is 8.90. The zero-order valence-corrected chi connectivity index (χ0v) is 9.66. The van der Waals surface area contributed by atoms with Crippen molar-refractivity contribution in [3.63, 3.8) is 0 Å². The Kier molecular flexibility index (Phi) is 3.41. The van der Waals surface area contributed by atoms with Crippen molar-refractivity contribution in [1.29, 1.82) is 0 Å². The minimum atomic E-state index is 0.464. The third-order valence-corrected chi connectivity index (χ3v) is 2.32. The van der Waals surface area contributed by atoms with Gasteiger partial charge < -0.3 is 9.84 Å². The molecule has 5 heteroatoms. The van der Waals surface area contributed by atoms with Crippen molar-refractivity contribution < 1.29 is 4.52 Å². The molecule has 0 fully saturated rings. The summed E-state index contributed by atoms with van der Waals surface area (Å²) in [6.07, 6.45) is 0.645. The van der Waals surface area contributed by atoms with Gasteiger partial charge in [-0.05, 0) is 24.6 Å². The highest BCUT2D eigenvalue weighted by Crippen LogP contribution is 2.13. The van der Waals surface area contributed by atoms with Crippen LogP contribution in [0.5, 0.6) is 0 Å². The lowest BCUT2D eigenvalue weighted by atomic mass is 10.1. The summed E-state index contributed by atoms with van der Waals surface area (Å²) in [7, 11) is 0. The lowest BCUT2D eigenvalue weighted by Crippen LogP contribution is -1.96. The highest BCUT2D eigenvalue weighted by Gasteiger charge is 2.05. The van der Waals surface area contributed by atoms with Crippen LogP contribution in [0.1, 0.15) is 18.3 Å². The second kappa shape index (κ2) is 4.99. The number of rotatable bonds is 4. The monoisotopic (exact) mass is 237 g/mol. The first-order chi connectivity index (χ1) is 7.78. The molecule has 2 aromatic rings. The first-order valence-electron chi connectivity index (χ1n) is 5.09. The van der Waals surface area contributed by atoms with Gasteiger partial charge >= 0.3 is 6.01 Å². The normalized spacial score (nSPS) is 10.4. The Bertz CT molecular complexity index is 453. The van der Waals surface area contributed by atoms with Gasteiger partial charge in [-0.3, -0.25) is 0 Å². The van der Waals surface area contributed by atoms with Crippen molar-refractivity contribution in [2.75, 3.05) is 11.9 Å². The second-order valence-corrected chi connectivity index (χ2v) is 3.79. The van der Waals surface area contributed by atoms with E-state index in [1.807, 2.05) is 31.2 Å². The van der Waals surface area contributed by atoms with E-state index in [0.29, 0.717) is 18.3 Å². The fraction of sp³-hybridized carbons (Fsp3) is 0.273. The Morgan fingerprint density at radius 3 is 2.75 bits per heavy atom. The van der Waals surface area contributed by atoms with Crippen LogP contribution in [0.25, 0.3) is 0 Å². The Morgan fingerprint density at radius 2 is 2.06 bits per heavy atom. The molecule has 4 nitrogen and oxygen atoms in total. The Morgan fingerprint density at radius 1 is 1.31 bits per heavy atom. The minimum Gasteiger partial charge on any atom is -0.338 e. The smallest absolute Gasteiger partial charge is 0.321 e. The van der Waals surface area contributed by atoms with Gasteiger partial charge in [-0.15, -0.1) is 0 Å². The van der Waals surface area contributed by atoms with Gasteiger partial charge in [0.05, 0.1) is 0 Å². The van der Waals surface area contributed by atoms with Crippen LogP contribution in [0.4, 0.5) is 6.01 Å². The number of nitrogens with zero attached hydrogens (tertiary/aromatic N) is 2. The predicted molar refractivity (Wildman–Crippen MR) is 62.7 cm³/mol. The molecule has 16 heavy (non-hydrogen) atoms. The average molecular weight is 238 g/mol. The van der Waals surface area contributed by atoms with Crippen LogP contribution < -0.4 is 5.32 Å². The maximum atomic E-state index is 5.80. The molecule has 0 aliphatic carbocycles. The summed E-state index contributed by atoms with van der Waals surface area (Å²) in [6, 6.07) is 8.06. The first-order valence-corrected chi connectivity index (χ1v) is 5.46. The maximum Gasteiger partial charge on any atom is 0.321 e. The number of anilines is 1. The molecular weight excluding hydrogens is 226 g/mol. The van der Waals surface area contributed by atoms with Crippen molar-refractivity contribution in [2.45, 2.75) is 13.3 Å². The van der Waals surface area contributed by atoms with Crippen LogP contribution in [0.3, 0.4) is 0 Å². The lowest BCUT2D eigenvalue weighted by molar-refractivity contribution is 0.424. The summed E-state index contributed by atoms with van der Waals surface area (Å²) < 4.78 is 5.00. The van der Waals surface area contributed by atoms with Crippen LogP contribution >= 0.6 is 11.6 Å². The molecule has 0 amide bonds. The third kappa shape index (κ3) is 2.73. The van der Waals surface area contributed by atoms with Crippen molar-refractivity contribution in [3.8, 4) is 0 Å². The summed E-state index contributed by atoms with van der Waals surface area (Å²) >= 11 is 5.80. The van der Waals surface area contributed by atoms with Crippen LogP contribution in [0, 0.1) is 0 Å². The molecule has 0 saturated carbocycles. The van der Waals surface area contributed by atoms with E-state index < -0.39 is 0 Å². The molecule has 1 aromatic heterocycles. The topological polar surface area (TPSA) is 51.0 Å². The van der Waals surface area contributed by atoms with E-state index in [2.05, 4.69) is 15.5 Å². The van der Waals surface area contributed by atoms with E-state index in [0.717, 1.165) is 17.1 Å². The summed E-state index contributed by atoms with van der Waals surface area (Å²) in [5.41, 5.74) is 1.10. The number of hydrogen-bond donors (Lipinski definition) is 1. The summed E-state index contributed by atoms with van der Waals surface area (Å²) in [5, 5.41) is 7.56. The van der Waals surface area contributed by atoms with Gasteiger partial charge in [0.1, 0.15) is 0 Å². The van der Waals surface area contributed by atoms with Gasteiger partial charge in [0, 0.05) is 18.0 Å². The van der Waals surface area contributed by atoms with E-state index in [1.54, 1.807) is 0 Å². The van der Waals surface area contributed by atoms with E-state index >= 15 is 0 Å². The molecule has 0 spiro atoms. The Hall–Kier alpha value is -1.55. The van der Waals surface area contributed by atoms with Crippen LogP contribution in [-0.2, 0) is 6.42 Å². The fourth-order valence-corrected chi connectivity index (χ4v) is 1.46. The molecule has 0 aliphatic heterocycles. The molecule has 0 unspecified atom stereocenters. The molecule has 1 heterocycles. The minimum absolute atomic E-state index is 0.464. The van der Waals surface area contributed by atoms with E-state index in [9.17, 15) is 0 Å². The third-order valence-electron chi connectivity index (χ3n) is 2.07. The second-order valence-electron chi connectivity index (χ2n) is 3.35. The molecule has 0 radical (unpaired) electrons. The van der Waals surface area contributed by atoms with E-state index in [4.69, 9.17) is 16.1 Å². The standard InChI is InChI=1S/C11H12ClN3O/c1-2-13-11-14-10(15-16-11)7-8-3-5-9(12)6-4-8/h3-6H,2,7H2,1H3,(H,13,14,15). The quantitative estimate of drug-likeness (QED) is 0.889. The molecular formula is C11H12ClN3O. The number of hydrogen-bond acceptors (Lipinski definition) is 4. The van der Waals surface area contributed by atoms with Crippen LogP contribution in [0.15, 0.2) is 28.8 Å². The number of nitrogens with one attached hydrogen (secondary N) is 1. The van der Waals surface area contributed by atoms with E-state index in [-0.39, 0.29) is 0 Å². The first kappa shape index (κ1) is 11.0. The molecule has 2 rings (SSSR count).